The number of anilines is 1. The van der Waals surface area contributed by atoms with Crippen LogP contribution >= 0.6 is 0 Å². The number of nitrogens with one attached hydrogen (secondary N) is 1. The predicted octanol–water partition coefficient (Wildman–Crippen LogP) is 5.47. The molecule has 2 aromatic carbocycles. The smallest absolute Gasteiger partial charge is 0.255 e. The third kappa shape index (κ3) is 4.85. The van der Waals surface area contributed by atoms with Crippen LogP contribution in [0.3, 0.4) is 0 Å². The lowest BCUT2D eigenvalue weighted by atomic mass is 9.89. The van der Waals surface area contributed by atoms with Gasteiger partial charge in [-0.25, -0.2) is 0 Å². The fourth-order valence-corrected chi connectivity index (χ4v) is 5.49. The summed E-state index contributed by atoms with van der Waals surface area (Å²) in [5.74, 6) is 1.75. The van der Waals surface area contributed by atoms with E-state index in [-0.39, 0.29) is 11.9 Å². The van der Waals surface area contributed by atoms with Crippen molar-refractivity contribution in [3.8, 4) is 5.75 Å². The molecule has 184 valence electrons. The number of pyridine rings is 1. The molecule has 3 heterocycles. The average Bonchev–Trinajstić information content (AvgIpc) is 2.88. The molecule has 1 fully saturated rings. The summed E-state index contributed by atoms with van der Waals surface area (Å²) in [5, 5.41) is 4.32. The van der Waals surface area contributed by atoms with Gasteiger partial charge in [-0.1, -0.05) is 57.2 Å². The lowest BCUT2D eigenvalue weighted by Crippen LogP contribution is -2.39. The third-order valence-corrected chi connectivity index (χ3v) is 7.09. The average molecular weight is 474 g/mol. The summed E-state index contributed by atoms with van der Waals surface area (Å²) in [6.07, 6.45) is 3.62. The predicted molar refractivity (Wildman–Crippen MR) is 139 cm³/mol. The molecule has 1 aromatic heterocycles. The van der Waals surface area contributed by atoms with Crippen molar-refractivity contribution in [2.24, 2.45) is 5.92 Å². The molecule has 1 saturated heterocycles. The molecule has 0 saturated carbocycles. The lowest BCUT2D eigenvalue weighted by molar-refractivity contribution is 0.0923. The van der Waals surface area contributed by atoms with Crippen molar-refractivity contribution in [2.45, 2.75) is 45.6 Å². The highest BCUT2D eigenvalue weighted by atomic mass is 16.5. The summed E-state index contributed by atoms with van der Waals surface area (Å²) >= 11 is 0. The number of carbonyl (C=O) groups excluding carboxylic acids is 1. The molecule has 2 atom stereocenters. The number of benzene rings is 2. The quantitative estimate of drug-likeness (QED) is 0.514. The number of aromatic nitrogens is 1. The molecular weight excluding hydrogens is 438 g/mol. The number of morpholine rings is 1. The number of fused-ring (bicyclic) bond motifs is 2. The summed E-state index contributed by atoms with van der Waals surface area (Å²) in [6.45, 7) is 10.2. The number of para-hydroxylation sites is 2. The largest absolute Gasteiger partial charge is 0.493 e. The molecule has 1 N–H and O–H groups in total. The van der Waals surface area contributed by atoms with E-state index in [1.165, 1.54) is 5.56 Å². The standard InChI is InChI=1S/C29H35N3O3/c1-19(2)17-20(3)21-8-6-9-23-27(21)30-18-24(28(23)32-12-15-34-16-13-32)29(33)31-25-11-14-35-26-10-5-4-7-22(25)26/h4-10,18-20,25H,11-17H2,1-3H3,(H,31,33). The molecule has 5 rings (SSSR count). The van der Waals surface area contributed by atoms with Crippen LogP contribution in [0.25, 0.3) is 10.9 Å². The van der Waals surface area contributed by atoms with Gasteiger partial charge in [0.1, 0.15) is 5.75 Å². The Kier molecular flexibility index (Phi) is 6.91. The van der Waals surface area contributed by atoms with Crippen LogP contribution in [-0.4, -0.2) is 43.8 Å². The number of hydrogen-bond acceptors (Lipinski definition) is 5. The topological polar surface area (TPSA) is 63.7 Å². The van der Waals surface area contributed by atoms with E-state index >= 15 is 0 Å². The molecule has 2 aliphatic rings. The summed E-state index contributed by atoms with van der Waals surface area (Å²) in [4.78, 5) is 20.9. The summed E-state index contributed by atoms with van der Waals surface area (Å²) in [7, 11) is 0. The first-order valence-electron chi connectivity index (χ1n) is 12.8. The first kappa shape index (κ1) is 23.6. The molecule has 2 unspecified atom stereocenters. The van der Waals surface area contributed by atoms with Gasteiger partial charge >= 0.3 is 0 Å². The van der Waals surface area contributed by atoms with Crippen molar-refractivity contribution in [3.63, 3.8) is 0 Å². The Morgan fingerprint density at radius 1 is 1.09 bits per heavy atom. The van der Waals surface area contributed by atoms with Crippen molar-refractivity contribution in [1.29, 1.82) is 0 Å². The minimum atomic E-state index is -0.0942. The SMILES string of the molecule is CC(C)CC(C)c1cccc2c(N3CCOCC3)c(C(=O)NC3CCOc4ccccc43)cnc12. The zero-order valence-electron chi connectivity index (χ0n) is 20.9. The molecule has 1 amide bonds. The van der Waals surface area contributed by atoms with Crippen LogP contribution in [0, 0.1) is 5.92 Å². The van der Waals surface area contributed by atoms with E-state index in [0.717, 1.165) is 53.8 Å². The molecule has 0 bridgehead atoms. The van der Waals surface area contributed by atoms with Crippen LogP contribution in [-0.2, 0) is 4.74 Å². The molecule has 0 aliphatic carbocycles. The number of ether oxygens (including phenoxy) is 2. The lowest BCUT2D eigenvalue weighted by Gasteiger charge is -2.32. The first-order chi connectivity index (χ1) is 17.0. The Morgan fingerprint density at radius 3 is 2.69 bits per heavy atom. The van der Waals surface area contributed by atoms with Gasteiger partial charge in [0, 0.05) is 36.7 Å². The number of carbonyl (C=O) groups is 1. The Bertz CT molecular complexity index is 1200. The highest BCUT2D eigenvalue weighted by molar-refractivity contribution is 6.08. The summed E-state index contributed by atoms with van der Waals surface area (Å²) < 4.78 is 11.4. The molecule has 2 aliphatic heterocycles. The van der Waals surface area contributed by atoms with Crippen molar-refractivity contribution < 1.29 is 14.3 Å². The Morgan fingerprint density at radius 2 is 1.89 bits per heavy atom. The number of rotatable bonds is 6. The van der Waals surface area contributed by atoms with Crippen LogP contribution in [0.1, 0.15) is 67.1 Å². The van der Waals surface area contributed by atoms with E-state index in [1.54, 1.807) is 6.20 Å². The Labute approximate surface area is 207 Å². The summed E-state index contributed by atoms with van der Waals surface area (Å²) in [5.41, 5.74) is 4.86. The molecule has 6 nitrogen and oxygen atoms in total. The molecule has 6 heteroatoms. The Balaban J connectivity index is 1.55. The number of hydrogen-bond donors (Lipinski definition) is 1. The van der Waals surface area contributed by atoms with Crippen molar-refractivity contribution in [2.75, 3.05) is 37.8 Å². The van der Waals surface area contributed by atoms with E-state index in [1.807, 2.05) is 24.3 Å². The van der Waals surface area contributed by atoms with Crippen LogP contribution in [0.15, 0.2) is 48.7 Å². The second-order valence-electron chi connectivity index (χ2n) is 10.1. The molecular formula is C29H35N3O3. The van der Waals surface area contributed by atoms with E-state index in [9.17, 15) is 4.79 Å². The van der Waals surface area contributed by atoms with Crippen LogP contribution in [0.5, 0.6) is 5.75 Å². The second-order valence-corrected chi connectivity index (χ2v) is 10.1. The van der Waals surface area contributed by atoms with Gasteiger partial charge in [-0.15, -0.1) is 0 Å². The van der Waals surface area contributed by atoms with Gasteiger partial charge in [-0.05, 0) is 29.9 Å². The number of amides is 1. The van der Waals surface area contributed by atoms with E-state index in [2.05, 4.69) is 49.2 Å². The van der Waals surface area contributed by atoms with Gasteiger partial charge in [0.05, 0.1) is 42.6 Å². The Hall–Kier alpha value is -3.12. The fourth-order valence-electron chi connectivity index (χ4n) is 5.49. The number of nitrogens with zero attached hydrogens (tertiary/aromatic N) is 2. The van der Waals surface area contributed by atoms with Crippen molar-refractivity contribution in [1.82, 2.24) is 10.3 Å². The zero-order valence-corrected chi connectivity index (χ0v) is 20.9. The van der Waals surface area contributed by atoms with E-state index in [0.29, 0.717) is 37.2 Å². The van der Waals surface area contributed by atoms with E-state index < -0.39 is 0 Å². The molecule has 0 spiro atoms. The maximum atomic E-state index is 13.7. The van der Waals surface area contributed by atoms with Crippen molar-refractivity contribution >= 4 is 22.5 Å². The minimum Gasteiger partial charge on any atom is -0.493 e. The van der Waals surface area contributed by atoms with Crippen LogP contribution in [0.2, 0.25) is 0 Å². The third-order valence-electron chi connectivity index (χ3n) is 7.09. The summed E-state index contributed by atoms with van der Waals surface area (Å²) in [6, 6.07) is 14.3. The monoisotopic (exact) mass is 473 g/mol. The fraction of sp³-hybridized carbons (Fsp3) is 0.448. The minimum absolute atomic E-state index is 0.0851. The van der Waals surface area contributed by atoms with Gasteiger partial charge in [0.2, 0.25) is 0 Å². The first-order valence-corrected chi connectivity index (χ1v) is 12.8. The van der Waals surface area contributed by atoms with Crippen molar-refractivity contribution in [3.05, 3.63) is 65.4 Å². The van der Waals surface area contributed by atoms with Crippen LogP contribution < -0.4 is 15.0 Å². The molecule has 3 aromatic rings. The maximum absolute atomic E-state index is 13.7. The normalized spacial score (nSPS) is 18.7. The van der Waals surface area contributed by atoms with E-state index in [4.69, 9.17) is 14.5 Å². The zero-order chi connectivity index (χ0) is 24.4. The highest BCUT2D eigenvalue weighted by Gasteiger charge is 2.28. The molecule has 0 radical (unpaired) electrons. The second kappa shape index (κ2) is 10.2. The maximum Gasteiger partial charge on any atom is 0.255 e. The van der Waals surface area contributed by atoms with Gasteiger partial charge in [0.15, 0.2) is 0 Å². The van der Waals surface area contributed by atoms with Gasteiger partial charge in [0.25, 0.3) is 5.91 Å². The van der Waals surface area contributed by atoms with Gasteiger partial charge in [-0.2, -0.15) is 0 Å². The van der Waals surface area contributed by atoms with Gasteiger partial charge < -0.3 is 19.7 Å². The highest BCUT2D eigenvalue weighted by Crippen LogP contribution is 2.37. The molecule has 35 heavy (non-hydrogen) atoms. The van der Waals surface area contributed by atoms with Gasteiger partial charge in [-0.3, -0.25) is 9.78 Å². The van der Waals surface area contributed by atoms with Crippen LogP contribution in [0.4, 0.5) is 5.69 Å².